The fraction of sp³-hybridized carbons (Fsp3) is 0.278. The van der Waals surface area contributed by atoms with E-state index in [1.54, 1.807) is 15.7 Å². The maximum absolute atomic E-state index is 12.6. The van der Waals surface area contributed by atoms with Gasteiger partial charge < -0.3 is 4.42 Å². The zero-order valence-corrected chi connectivity index (χ0v) is 13.5. The van der Waals surface area contributed by atoms with Gasteiger partial charge in [-0.2, -0.15) is 10.1 Å². The Kier molecular flexibility index (Phi) is 3.65. The first-order valence-electron chi connectivity index (χ1n) is 8.15. The van der Waals surface area contributed by atoms with Crippen molar-refractivity contribution in [3.05, 3.63) is 48.0 Å². The molecule has 0 saturated carbocycles. The summed E-state index contributed by atoms with van der Waals surface area (Å²) in [5, 5.41) is 5.17. The lowest BCUT2D eigenvalue weighted by Crippen LogP contribution is -2.37. The highest BCUT2D eigenvalue weighted by atomic mass is 16.3. The topological polar surface area (TPSA) is 64.2 Å². The number of amides is 1. The van der Waals surface area contributed by atoms with E-state index in [-0.39, 0.29) is 5.91 Å². The minimum absolute atomic E-state index is 0.0868. The van der Waals surface area contributed by atoms with Crippen molar-refractivity contribution in [3.63, 3.8) is 0 Å². The molecule has 6 nitrogen and oxygen atoms in total. The number of rotatable bonds is 3. The average molecular weight is 322 g/mol. The van der Waals surface area contributed by atoms with Crippen molar-refractivity contribution in [2.75, 3.05) is 11.4 Å². The van der Waals surface area contributed by atoms with E-state index in [1.807, 2.05) is 37.3 Å². The van der Waals surface area contributed by atoms with Crippen molar-refractivity contribution in [1.29, 1.82) is 0 Å². The number of benzene rings is 1. The van der Waals surface area contributed by atoms with Crippen molar-refractivity contribution in [1.82, 2.24) is 14.8 Å². The van der Waals surface area contributed by atoms with E-state index in [9.17, 15) is 4.79 Å². The van der Waals surface area contributed by atoms with Gasteiger partial charge in [0.05, 0.1) is 0 Å². The van der Waals surface area contributed by atoms with Crippen LogP contribution < -0.4 is 4.90 Å². The second-order valence-corrected chi connectivity index (χ2v) is 5.75. The first kappa shape index (κ1) is 14.7. The van der Waals surface area contributed by atoms with Crippen LogP contribution in [0.2, 0.25) is 0 Å². The van der Waals surface area contributed by atoms with Crippen LogP contribution >= 0.6 is 0 Å². The Morgan fingerprint density at radius 1 is 1.33 bits per heavy atom. The molecule has 0 N–H and O–H groups in total. The molecule has 2 aromatic heterocycles. The quantitative estimate of drug-likeness (QED) is 0.695. The van der Waals surface area contributed by atoms with Gasteiger partial charge in [-0.15, -0.1) is 0 Å². The number of furan rings is 1. The molecule has 0 spiro atoms. The summed E-state index contributed by atoms with van der Waals surface area (Å²) in [6, 6.07) is 7.88. The monoisotopic (exact) mass is 322 g/mol. The van der Waals surface area contributed by atoms with Gasteiger partial charge in [0, 0.05) is 36.5 Å². The number of carbonyl (C=O) groups is 1. The Bertz CT molecular complexity index is 922. The molecule has 0 aliphatic carbocycles. The molecule has 24 heavy (non-hydrogen) atoms. The van der Waals surface area contributed by atoms with E-state index in [0.29, 0.717) is 12.5 Å². The number of nitrogens with zero attached hydrogens (tertiary/aromatic N) is 4. The lowest BCUT2D eigenvalue weighted by Gasteiger charge is -2.24. The van der Waals surface area contributed by atoms with Crippen LogP contribution in [0.3, 0.4) is 0 Å². The van der Waals surface area contributed by atoms with E-state index in [0.717, 1.165) is 41.7 Å². The van der Waals surface area contributed by atoms with Gasteiger partial charge in [-0.3, -0.25) is 9.69 Å². The van der Waals surface area contributed by atoms with E-state index in [1.165, 1.54) is 6.33 Å². The minimum atomic E-state index is -0.0868. The van der Waals surface area contributed by atoms with Crippen molar-refractivity contribution in [2.45, 2.75) is 26.3 Å². The molecular formula is C18H18N4O2. The summed E-state index contributed by atoms with van der Waals surface area (Å²) in [5.74, 6) is 1.42. The lowest BCUT2D eigenvalue weighted by molar-refractivity contribution is -0.114. The van der Waals surface area contributed by atoms with Gasteiger partial charge in [0.25, 0.3) is 5.91 Å². The maximum Gasteiger partial charge on any atom is 0.253 e. The van der Waals surface area contributed by atoms with Gasteiger partial charge in [0.15, 0.2) is 0 Å². The second kappa shape index (κ2) is 5.96. The molecule has 4 rings (SSSR count). The third-order valence-corrected chi connectivity index (χ3v) is 4.28. The van der Waals surface area contributed by atoms with Crippen LogP contribution in [0.5, 0.6) is 0 Å². The molecule has 0 bridgehead atoms. The molecule has 0 radical (unpaired) electrons. The summed E-state index contributed by atoms with van der Waals surface area (Å²) in [5.41, 5.74) is 1.82. The Labute approximate surface area is 139 Å². The van der Waals surface area contributed by atoms with Crippen molar-refractivity contribution in [3.8, 4) is 0 Å². The number of aromatic nitrogens is 3. The number of para-hydroxylation sites is 1. The highest BCUT2D eigenvalue weighted by molar-refractivity contribution is 6.04. The summed E-state index contributed by atoms with van der Waals surface area (Å²) in [4.78, 5) is 18.5. The third-order valence-electron chi connectivity index (χ3n) is 4.28. The van der Waals surface area contributed by atoms with E-state index in [4.69, 9.17) is 4.42 Å². The Balaban J connectivity index is 1.66. The number of hydrogen-bond acceptors (Lipinski definition) is 4. The highest BCUT2D eigenvalue weighted by Gasteiger charge is 2.23. The largest absolute Gasteiger partial charge is 0.460 e. The molecule has 122 valence electrons. The van der Waals surface area contributed by atoms with Crippen LogP contribution in [0.4, 0.5) is 5.95 Å². The maximum atomic E-state index is 12.6. The van der Waals surface area contributed by atoms with Crippen LogP contribution in [0.25, 0.3) is 17.0 Å². The molecule has 1 aliphatic heterocycles. The number of anilines is 1. The van der Waals surface area contributed by atoms with Gasteiger partial charge in [0.2, 0.25) is 5.95 Å². The SMILES string of the molecule is CCc1oc2ccccc2c1/C=C\C(=O)N1CCCn2ncnc21. The van der Waals surface area contributed by atoms with Crippen LogP contribution in [0.1, 0.15) is 24.7 Å². The predicted octanol–water partition coefficient (Wildman–Crippen LogP) is 3.04. The van der Waals surface area contributed by atoms with E-state index < -0.39 is 0 Å². The van der Waals surface area contributed by atoms with Crippen LogP contribution in [0.15, 0.2) is 41.1 Å². The van der Waals surface area contributed by atoms with Gasteiger partial charge >= 0.3 is 0 Å². The summed E-state index contributed by atoms with van der Waals surface area (Å²) in [7, 11) is 0. The Morgan fingerprint density at radius 2 is 2.21 bits per heavy atom. The molecule has 3 heterocycles. The van der Waals surface area contributed by atoms with Gasteiger partial charge in [-0.1, -0.05) is 25.1 Å². The molecule has 0 atom stereocenters. The van der Waals surface area contributed by atoms with E-state index in [2.05, 4.69) is 10.1 Å². The number of aryl methyl sites for hydroxylation is 2. The van der Waals surface area contributed by atoms with Crippen molar-refractivity contribution >= 4 is 28.9 Å². The molecule has 1 aliphatic rings. The summed E-state index contributed by atoms with van der Waals surface area (Å²) >= 11 is 0. The second-order valence-electron chi connectivity index (χ2n) is 5.75. The molecule has 1 amide bonds. The van der Waals surface area contributed by atoms with E-state index >= 15 is 0 Å². The average Bonchev–Trinajstić information content (AvgIpc) is 3.23. The third kappa shape index (κ3) is 2.40. The predicted molar refractivity (Wildman–Crippen MR) is 91.6 cm³/mol. The molecule has 1 aromatic carbocycles. The van der Waals surface area contributed by atoms with Crippen molar-refractivity contribution < 1.29 is 9.21 Å². The molecule has 3 aromatic rings. The zero-order valence-electron chi connectivity index (χ0n) is 13.5. The summed E-state index contributed by atoms with van der Waals surface area (Å²) in [6.45, 7) is 3.51. The first-order valence-corrected chi connectivity index (χ1v) is 8.15. The molecular weight excluding hydrogens is 304 g/mol. The fourth-order valence-corrected chi connectivity index (χ4v) is 3.12. The zero-order chi connectivity index (χ0) is 16.5. The number of carbonyl (C=O) groups excluding carboxylic acids is 1. The smallest absolute Gasteiger partial charge is 0.253 e. The van der Waals surface area contributed by atoms with Crippen LogP contribution in [0, 0.1) is 0 Å². The molecule has 0 unspecified atom stereocenters. The van der Waals surface area contributed by atoms with Crippen LogP contribution in [-0.4, -0.2) is 27.2 Å². The summed E-state index contributed by atoms with van der Waals surface area (Å²) < 4.78 is 7.63. The van der Waals surface area contributed by atoms with Gasteiger partial charge in [-0.05, 0) is 18.6 Å². The fourth-order valence-electron chi connectivity index (χ4n) is 3.12. The number of hydrogen-bond donors (Lipinski definition) is 0. The van der Waals surface area contributed by atoms with Crippen molar-refractivity contribution in [2.24, 2.45) is 0 Å². The highest BCUT2D eigenvalue weighted by Crippen LogP contribution is 2.27. The standard InChI is InChI=1S/C18H18N4O2/c1-2-15-14(13-6-3-4-7-16(13)24-15)8-9-17(23)21-10-5-11-22-18(21)19-12-20-22/h3-4,6-9,12H,2,5,10-11H2,1H3/b9-8-. The van der Waals surface area contributed by atoms with Gasteiger partial charge in [0.1, 0.15) is 17.7 Å². The van der Waals surface area contributed by atoms with Gasteiger partial charge in [-0.25, -0.2) is 4.68 Å². The summed E-state index contributed by atoms with van der Waals surface area (Å²) in [6.07, 6.45) is 6.60. The molecule has 0 saturated heterocycles. The molecule has 6 heteroatoms. The minimum Gasteiger partial charge on any atom is -0.460 e. The first-order chi connectivity index (χ1) is 11.8. The molecule has 0 fully saturated rings. The Hall–Kier alpha value is -2.89. The lowest BCUT2D eigenvalue weighted by atomic mass is 10.1. The Morgan fingerprint density at radius 3 is 3.08 bits per heavy atom. The normalized spacial score (nSPS) is 14.5. The number of fused-ring (bicyclic) bond motifs is 2. The van der Waals surface area contributed by atoms with Crippen LogP contribution in [-0.2, 0) is 17.8 Å².